The number of hydrogen-bond acceptors (Lipinski definition) is 6. The van der Waals surface area contributed by atoms with E-state index in [2.05, 4.69) is 100 Å². The highest BCUT2D eigenvalue weighted by Gasteiger charge is 2.18. The molecule has 6 nitrogen and oxygen atoms in total. The molecule has 1 aromatic heterocycles. The Morgan fingerprint density at radius 1 is 0.778 bits per heavy atom. The number of aryl methyl sites for hydroxylation is 1. The Morgan fingerprint density at radius 3 is 2.00 bits per heavy atom. The summed E-state index contributed by atoms with van der Waals surface area (Å²) in [5.74, 6) is 0. The third-order valence-electron chi connectivity index (χ3n) is 5.80. The molecule has 8 heteroatoms. The Morgan fingerprint density at radius 2 is 1.39 bits per heavy atom. The molecule has 0 aliphatic carbocycles. The van der Waals surface area contributed by atoms with Gasteiger partial charge in [0.15, 0.2) is 0 Å². The van der Waals surface area contributed by atoms with Crippen LogP contribution in [0.1, 0.15) is 25.0 Å². The van der Waals surface area contributed by atoms with Crippen molar-refractivity contribution in [2.75, 3.05) is 28.6 Å². The second kappa shape index (κ2) is 13.6. The highest BCUT2D eigenvalue weighted by molar-refractivity contribution is 7.18. The van der Waals surface area contributed by atoms with Gasteiger partial charge >= 0.3 is 5.13 Å². The fraction of sp³-hybridized carbons (Fsp3) is 0.250. The van der Waals surface area contributed by atoms with Gasteiger partial charge < -0.3 is 27.9 Å². The van der Waals surface area contributed by atoms with Crippen molar-refractivity contribution in [3.63, 3.8) is 0 Å². The average Bonchev–Trinajstić information content (AvgIpc) is 3.27. The van der Waals surface area contributed by atoms with E-state index in [-0.39, 0.29) is 12.4 Å². The maximum absolute atomic E-state index is 4.68. The topological polar surface area (TPSA) is 55.9 Å². The Balaban J connectivity index is 0.00000361. The van der Waals surface area contributed by atoms with Crippen LogP contribution in [0.5, 0.6) is 0 Å². The lowest BCUT2D eigenvalue weighted by molar-refractivity contribution is -0.653. The van der Waals surface area contributed by atoms with Gasteiger partial charge in [-0.05, 0) is 53.6 Å². The van der Waals surface area contributed by atoms with Crippen molar-refractivity contribution < 1.29 is 17.0 Å². The monoisotopic (exact) mass is 520 g/mol. The second-order valence-electron chi connectivity index (χ2n) is 8.21. The number of para-hydroxylation sites is 1. The summed E-state index contributed by atoms with van der Waals surface area (Å²) in [5.41, 5.74) is 5.18. The Bertz CT molecular complexity index is 1240. The SMILES string of the molecule is CCN(CC)c1c[n+](C)c(N=Nc2cccc(NCc3ccccc3)c2NCc2ccccc2)s1.[Cl-]. The largest absolute Gasteiger partial charge is 1.00 e. The van der Waals surface area contributed by atoms with Crippen LogP contribution < -0.4 is 32.5 Å². The molecule has 0 saturated carbocycles. The van der Waals surface area contributed by atoms with Crippen molar-refractivity contribution in [2.45, 2.75) is 26.9 Å². The summed E-state index contributed by atoms with van der Waals surface area (Å²) in [6.45, 7) is 7.71. The van der Waals surface area contributed by atoms with Gasteiger partial charge in [0.2, 0.25) is 0 Å². The van der Waals surface area contributed by atoms with Gasteiger partial charge in [-0.25, -0.2) is 4.57 Å². The number of rotatable bonds is 11. The van der Waals surface area contributed by atoms with Crippen LogP contribution in [0.3, 0.4) is 0 Å². The van der Waals surface area contributed by atoms with Crippen LogP contribution in [0.25, 0.3) is 0 Å². The molecule has 1 heterocycles. The fourth-order valence-electron chi connectivity index (χ4n) is 3.82. The van der Waals surface area contributed by atoms with Crippen molar-refractivity contribution in [1.29, 1.82) is 0 Å². The zero-order valence-corrected chi connectivity index (χ0v) is 22.6. The number of benzene rings is 3. The zero-order valence-electron chi connectivity index (χ0n) is 21.0. The number of nitrogens with zero attached hydrogens (tertiary/aromatic N) is 4. The number of nitrogens with one attached hydrogen (secondary N) is 2. The van der Waals surface area contributed by atoms with Crippen molar-refractivity contribution >= 4 is 38.5 Å². The third-order valence-corrected chi connectivity index (χ3v) is 6.93. The van der Waals surface area contributed by atoms with Gasteiger partial charge in [-0.15, -0.1) is 0 Å². The number of hydrogen-bond donors (Lipinski definition) is 2. The Hall–Kier alpha value is -3.42. The standard InChI is InChI=1S/C28H32N6S.ClH/c1-4-34(5-2)26-21-33(3)28(35-26)32-31-25-18-12-17-24(29-19-22-13-8-6-9-14-22)27(25)30-20-23-15-10-7-11-16-23;/h6-18,21H,4-5,19-20H2,1-3H3,(H,29,31);1H. The molecule has 0 aliphatic heterocycles. The summed E-state index contributed by atoms with van der Waals surface area (Å²) in [5, 5.41) is 18.6. The summed E-state index contributed by atoms with van der Waals surface area (Å²) < 4.78 is 2.04. The molecule has 0 amide bonds. The molecule has 2 N–H and O–H groups in total. The van der Waals surface area contributed by atoms with Crippen LogP contribution in [-0.4, -0.2) is 13.1 Å². The molecule has 36 heavy (non-hydrogen) atoms. The molecule has 0 fully saturated rings. The first-order valence-electron chi connectivity index (χ1n) is 12.0. The van der Waals surface area contributed by atoms with Crippen LogP contribution in [0.15, 0.2) is 95.3 Å². The van der Waals surface area contributed by atoms with E-state index in [1.54, 1.807) is 11.3 Å². The normalized spacial score (nSPS) is 10.8. The lowest BCUT2D eigenvalue weighted by atomic mass is 10.1. The first-order valence-corrected chi connectivity index (χ1v) is 12.8. The smallest absolute Gasteiger partial charge is 0.410 e. The van der Waals surface area contributed by atoms with Gasteiger partial charge in [0.1, 0.15) is 16.9 Å². The molecule has 0 bridgehead atoms. The van der Waals surface area contributed by atoms with E-state index in [1.165, 1.54) is 16.1 Å². The zero-order chi connectivity index (χ0) is 24.5. The number of thiazole rings is 1. The van der Waals surface area contributed by atoms with Crippen LogP contribution in [0.4, 0.5) is 27.2 Å². The first kappa shape index (κ1) is 27.2. The lowest BCUT2D eigenvalue weighted by Gasteiger charge is -2.16. The van der Waals surface area contributed by atoms with E-state index in [0.29, 0.717) is 6.54 Å². The van der Waals surface area contributed by atoms with E-state index in [4.69, 9.17) is 0 Å². The Labute approximate surface area is 224 Å². The summed E-state index contributed by atoms with van der Waals surface area (Å²) in [6.07, 6.45) is 2.12. The van der Waals surface area contributed by atoms with Gasteiger partial charge in [0, 0.05) is 26.2 Å². The minimum Gasteiger partial charge on any atom is -1.00 e. The van der Waals surface area contributed by atoms with Crippen molar-refractivity contribution in [1.82, 2.24) is 0 Å². The van der Waals surface area contributed by atoms with E-state index >= 15 is 0 Å². The first-order chi connectivity index (χ1) is 17.2. The summed E-state index contributed by atoms with van der Waals surface area (Å²) >= 11 is 1.66. The molecule has 4 rings (SSSR count). The minimum atomic E-state index is 0. The number of anilines is 3. The summed E-state index contributed by atoms with van der Waals surface area (Å²) in [6, 6.07) is 26.9. The number of halogens is 1. The lowest BCUT2D eigenvalue weighted by Crippen LogP contribution is -3.00. The van der Waals surface area contributed by atoms with Gasteiger partial charge in [-0.1, -0.05) is 66.7 Å². The number of azo groups is 1. The molecule has 0 spiro atoms. The van der Waals surface area contributed by atoms with Gasteiger partial charge in [-0.2, -0.15) is 0 Å². The molecule has 0 unspecified atom stereocenters. The van der Waals surface area contributed by atoms with Crippen LogP contribution in [0.2, 0.25) is 0 Å². The maximum atomic E-state index is 4.68. The molecule has 0 aliphatic rings. The van der Waals surface area contributed by atoms with E-state index < -0.39 is 0 Å². The predicted molar refractivity (Wildman–Crippen MR) is 147 cm³/mol. The second-order valence-corrected chi connectivity index (χ2v) is 9.20. The van der Waals surface area contributed by atoms with E-state index in [1.807, 2.05) is 35.9 Å². The van der Waals surface area contributed by atoms with Gasteiger partial charge in [0.05, 0.1) is 23.5 Å². The molecule has 0 saturated heterocycles. The molecular weight excluding hydrogens is 488 g/mol. The van der Waals surface area contributed by atoms with Crippen LogP contribution >= 0.6 is 11.3 Å². The Kier molecular flexibility index (Phi) is 10.3. The highest BCUT2D eigenvalue weighted by atomic mass is 35.5. The van der Waals surface area contributed by atoms with Gasteiger partial charge in [-0.3, -0.25) is 0 Å². The van der Waals surface area contributed by atoms with Crippen molar-refractivity contribution in [3.05, 3.63) is 96.2 Å². The maximum Gasteiger partial charge on any atom is 0.410 e. The molecular formula is C28H33ClN6S. The van der Waals surface area contributed by atoms with E-state index in [0.717, 1.165) is 41.8 Å². The molecule has 4 aromatic rings. The third kappa shape index (κ3) is 7.06. The van der Waals surface area contributed by atoms with Crippen LogP contribution in [-0.2, 0) is 20.1 Å². The molecule has 0 radical (unpaired) electrons. The fourth-order valence-corrected chi connectivity index (χ4v) is 4.88. The quantitative estimate of drug-likeness (QED) is 0.231. The molecule has 0 atom stereocenters. The predicted octanol–water partition coefficient (Wildman–Crippen LogP) is 4.06. The minimum absolute atomic E-state index is 0. The highest BCUT2D eigenvalue weighted by Crippen LogP contribution is 2.36. The molecule has 188 valence electrons. The van der Waals surface area contributed by atoms with Crippen molar-refractivity contribution in [2.24, 2.45) is 17.3 Å². The van der Waals surface area contributed by atoms with Crippen molar-refractivity contribution in [3.8, 4) is 0 Å². The summed E-state index contributed by atoms with van der Waals surface area (Å²) in [4.78, 5) is 2.32. The van der Waals surface area contributed by atoms with E-state index in [9.17, 15) is 0 Å². The average molecular weight is 521 g/mol. The van der Waals surface area contributed by atoms with Gasteiger partial charge in [0.25, 0.3) is 0 Å². The number of aromatic nitrogens is 1. The summed E-state index contributed by atoms with van der Waals surface area (Å²) in [7, 11) is 2.02. The van der Waals surface area contributed by atoms with Crippen LogP contribution in [0, 0.1) is 0 Å². The molecule has 3 aromatic carbocycles.